The highest BCUT2D eigenvalue weighted by atomic mass is 35.5. The lowest BCUT2D eigenvalue weighted by atomic mass is 9.98. The molecule has 1 aromatic carbocycles. The van der Waals surface area contributed by atoms with Crippen LogP contribution >= 0.6 is 11.6 Å². The standard InChI is InChI=1S/C18H27ClN2O/c1-14-9-11-21(12-10-14)15(2)13-20-18(22)8-7-16-5-3-4-6-17(16)19/h3-6,14-15H,7-13H2,1-2H3,(H,20,22). The molecule has 1 aliphatic rings. The summed E-state index contributed by atoms with van der Waals surface area (Å²) in [6.07, 6.45) is 3.73. The van der Waals surface area contributed by atoms with E-state index < -0.39 is 0 Å². The number of rotatable bonds is 6. The van der Waals surface area contributed by atoms with E-state index in [1.165, 1.54) is 12.8 Å². The molecule has 0 spiro atoms. The van der Waals surface area contributed by atoms with Crippen molar-refractivity contribution >= 4 is 17.5 Å². The molecule has 1 heterocycles. The summed E-state index contributed by atoms with van der Waals surface area (Å²) >= 11 is 6.11. The van der Waals surface area contributed by atoms with Crippen LogP contribution in [0.3, 0.4) is 0 Å². The van der Waals surface area contributed by atoms with E-state index in [1.807, 2.05) is 24.3 Å². The topological polar surface area (TPSA) is 32.3 Å². The van der Waals surface area contributed by atoms with Crippen LogP contribution in [0.1, 0.15) is 38.7 Å². The minimum absolute atomic E-state index is 0.108. The van der Waals surface area contributed by atoms with Crippen LogP contribution in [-0.4, -0.2) is 36.5 Å². The van der Waals surface area contributed by atoms with Crippen molar-refractivity contribution in [1.29, 1.82) is 0 Å². The summed E-state index contributed by atoms with van der Waals surface area (Å²) in [7, 11) is 0. The summed E-state index contributed by atoms with van der Waals surface area (Å²) in [6, 6.07) is 8.13. The van der Waals surface area contributed by atoms with E-state index in [2.05, 4.69) is 24.1 Å². The van der Waals surface area contributed by atoms with E-state index in [-0.39, 0.29) is 5.91 Å². The molecule has 2 rings (SSSR count). The molecular formula is C18H27ClN2O. The minimum Gasteiger partial charge on any atom is -0.355 e. The van der Waals surface area contributed by atoms with Gasteiger partial charge in [0.25, 0.3) is 0 Å². The van der Waals surface area contributed by atoms with Crippen LogP contribution < -0.4 is 5.32 Å². The lowest BCUT2D eigenvalue weighted by Crippen LogP contribution is -2.45. The Hall–Kier alpha value is -1.06. The van der Waals surface area contributed by atoms with Crippen LogP contribution in [0.4, 0.5) is 0 Å². The van der Waals surface area contributed by atoms with Gasteiger partial charge in [-0.25, -0.2) is 0 Å². The van der Waals surface area contributed by atoms with Gasteiger partial charge in [0.2, 0.25) is 5.91 Å². The van der Waals surface area contributed by atoms with Crippen LogP contribution in [0.2, 0.25) is 5.02 Å². The first-order valence-corrected chi connectivity index (χ1v) is 8.68. The average Bonchev–Trinajstić information content (AvgIpc) is 2.52. The zero-order valence-electron chi connectivity index (χ0n) is 13.6. The Kier molecular flexibility index (Phi) is 6.71. The summed E-state index contributed by atoms with van der Waals surface area (Å²) in [5, 5.41) is 3.80. The molecule has 1 amide bonds. The molecular weight excluding hydrogens is 296 g/mol. The first-order valence-electron chi connectivity index (χ1n) is 8.30. The SMILES string of the molecule is CC1CCN(C(C)CNC(=O)CCc2ccccc2Cl)CC1. The van der Waals surface area contributed by atoms with Crippen molar-refractivity contribution in [2.45, 2.75) is 45.6 Å². The third-order valence-electron chi connectivity index (χ3n) is 4.62. The number of aryl methyl sites for hydroxylation is 1. The van der Waals surface area contributed by atoms with Crippen LogP contribution in [0.25, 0.3) is 0 Å². The Bertz CT molecular complexity index is 484. The van der Waals surface area contributed by atoms with E-state index in [0.29, 0.717) is 18.9 Å². The highest BCUT2D eigenvalue weighted by molar-refractivity contribution is 6.31. The number of amides is 1. The zero-order chi connectivity index (χ0) is 15.9. The Morgan fingerprint density at radius 3 is 2.73 bits per heavy atom. The summed E-state index contributed by atoms with van der Waals surface area (Å²) in [5.41, 5.74) is 1.04. The molecule has 3 nitrogen and oxygen atoms in total. The predicted octanol–water partition coefficient (Wildman–Crippen LogP) is 3.51. The van der Waals surface area contributed by atoms with Crippen LogP contribution in [0, 0.1) is 5.92 Å². The van der Waals surface area contributed by atoms with Crippen LogP contribution in [-0.2, 0) is 11.2 Å². The molecule has 1 fully saturated rings. The van der Waals surface area contributed by atoms with Gasteiger partial charge in [0, 0.05) is 24.0 Å². The third-order valence-corrected chi connectivity index (χ3v) is 4.98. The quantitative estimate of drug-likeness (QED) is 0.869. The number of nitrogens with one attached hydrogen (secondary N) is 1. The van der Waals surface area contributed by atoms with Gasteiger partial charge >= 0.3 is 0 Å². The number of carbonyl (C=O) groups excluding carboxylic acids is 1. The van der Waals surface area contributed by atoms with Gasteiger partial charge in [-0.1, -0.05) is 36.7 Å². The largest absolute Gasteiger partial charge is 0.355 e. The van der Waals surface area contributed by atoms with Crippen LogP contribution in [0.5, 0.6) is 0 Å². The summed E-state index contributed by atoms with van der Waals surface area (Å²) in [6.45, 7) is 7.55. The van der Waals surface area contributed by atoms with Gasteiger partial charge in [-0.2, -0.15) is 0 Å². The maximum absolute atomic E-state index is 12.0. The Balaban J connectivity index is 1.68. The molecule has 4 heteroatoms. The monoisotopic (exact) mass is 322 g/mol. The first kappa shape index (κ1) is 17.3. The number of carbonyl (C=O) groups is 1. The van der Waals surface area contributed by atoms with Gasteiger partial charge in [-0.05, 0) is 56.8 Å². The van der Waals surface area contributed by atoms with E-state index in [4.69, 9.17) is 11.6 Å². The van der Waals surface area contributed by atoms with E-state index >= 15 is 0 Å². The van der Waals surface area contributed by atoms with Crippen molar-refractivity contribution in [3.05, 3.63) is 34.9 Å². The maximum atomic E-state index is 12.0. The van der Waals surface area contributed by atoms with Crippen molar-refractivity contribution in [3.8, 4) is 0 Å². The lowest BCUT2D eigenvalue weighted by Gasteiger charge is -2.35. The first-order chi connectivity index (χ1) is 10.6. The molecule has 0 aromatic heterocycles. The highest BCUT2D eigenvalue weighted by Crippen LogP contribution is 2.18. The fraction of sp³-hybridized carbons (Fsp3) is 0.611. The van der Waals surface area contributed by atoms with Gasteiger partial charge in [0.05, 0.1) is 0 Å². The van der Waals surface area contributed by atoms with Gasteiger partial charge in [-0.3, -0.25) is 9.69 Å². The minimum atomic E-state index is 0.108. The van der Waals surface area contributed by atoms with Gasteiger partial charge < -0.3 is 5.32 Å². The molecule has 122 valence electrons. The molecule has 0 radical (unpaired) electrons. The second kappa shape index (κ2) is 8.54. The third kappa shape index (κ3) is 5.29. The molecule has 0 aliphatic carbocycles. The number of nitrogens with zero attached hydrogens (tertiary/aromatic N) is 1. The predicted molar refractivity (Wildman–Crippen MR) is 92.2 cm³/mol. The van der Waals surface area contributed by atoms with E-state index in [1.54, 1.807) is 0 Å². The number of hydrogen-bond donors (Lipinski definition) is 1. The highest BCUT2D eigenvalue weighted by Gasteiger charge is 2.20. The van der Waals surface area contributed by atoms with Gasteiger partial charge in [0.15, 0.2) is 0 Å². The van der Waals surface area contributed by atoms with E-state index in [9.17, 15) is 4.79 Å². The fourth-order valence-electron chi connectivity index (χ4n) is 2.90. The molecule has 1 unspecified atom stereocenters. The number of likely N-dealkylation sites (tertiary alicyclic amines) is 1. The molecule has 1 saturated heterocycles. The maximum Gasteiger partial charge on any atom is 0.220 e. The normalized spacial score (nSPS) is 18.1. The molecule has 1 N–H and O–H groups in total. The van der Waals surface area contributed by atoms with Crippen molar-refractivity contribution < 1.29 is 4.79 Å². The number of halogens is 1. The second-order valence-electron chi connectivity index (χ2n) is 6.46. The van der Waals surface area contributed by atoms with Gasteiger partial charge in [-0.15, -0.1) is 0 Å². The smallest absolute Gasteiger partial charge is 0.220 e. The van der Waals surface area contributed by atoms with Crippen molar-refractivity contribution in [2.75, 3.05) is 19.6 Å². The van der Waals surface area contributed by atoms with Crippen LogP contribution in [0.15, 0.2) is 24.3 Å². The van der Waals surface area contributed by atoms with Crippen molar-refractivity contribution in [1.82, 2.24) is 10.2 Å². The number of hydrogen-bond acceptors (Lipinski definition) is 2. The molecule has 22 heavy (non-hydrogen) atoms. The van der Waals surface area contributed by atoms with E-state index in [0.717, 1.165) is 36.1 Å². The second-order valence-corrected chi connectivity index (χ2v) is 6.87. The summed E-state index contributed by atoms with van der Waals surface area (Å²) in [4.78, 5) is 14.5. The summed E-state index contributed by atoms with van der Waals surface area (Å²) < 4.78 is 0. The van der Waals surface area contributed by atoms with Crippen molar-refractivity contribution in [2.24, 2.45) is 5.92 Å². The molecule has 1 atom stereocenters. The average molecular weight is 323 g/mol. The van der Waals surface area contributed by atoms with Crippen molar-refractivity contribution in [3.63, 3.8) is 0 Å². The Morgan fingerprint density at radius 2 is 2.05 bits per heavy atom. The fourth-order valence-corrected chi connectivity index (χ4v) is 3.13. The molecule has 0 saturated carbocycles. The number of benzene rings is 1. The lowest BCUT2D eigenvalue weighted by molar-refractivity contribution is -0.121. The molecule has 0 bridgehead atoms. The number of piperidine rings is 1. The zero-order valence-corrected chi connectivity index (χ0v) is 14.4. The summed E-state index contributed by atoms with van der Waals surface area (Å²) in [5.74, 6) is 0.950. The molecule has 1 aromatic rings. The molecule has 1 aliphatic heterocycles. The Labute approximate surface area is 139 Å². The van der Waals surface area contributed by atoms with Gasteiger partial charge in [0.1, 0.15) is 0 Å². The Morgan fingerprint density at radius 1 is 1.36 bits per heavy atom.